The highest BCUT2D eigenvalue weighted by molar-refractivity contribution is 5.85. The fraction of sp³-hybridized carbons (Fsp3) is 0.867. The maximum atomic E-state index is 12.3. The summed E-state index contributed by atoms with van der Waals surface area (Å²) in [5.74, 6) is 0.525. The number of hydrogen-bond donors (Lipinski definition) is 1. The average molecular weight is 250 g/mol. The molecule has 0 saturated heterocycles. The van der Waals surface area contributed by atoms with Crippen molar-refractivity contribution in [3.63, 3.8) is 0 Å². The Bertz CT molecular complexity index is 335. The van der Waals surface area contributed by atoms with Gasteiger partial charge >= 0.3 is 0 Å². The van der Waals surface area contributed by atoms with Crippen LogP contribution in [0.2, 0.25) is 0 Å². The fourth-order valence-corrected chi connectivity index (χ4v) is 2.68. The molecule has 0 spiro atoms. The van der Waals surface area contributed by atoms with Crippen molar-refractivity contribution in [3.8, 4) is 6.07 Å². The van der Waals surface area contributed by atoms with Crippen LogP contribution in [0.4, 0.5) is 0 Å². The summed E-state index contributed by atoms with van der Waals surface area (Å²) in [5, 5.41) is 12.4. The maximum Gasteiger partial charge on any atom is 0.240 e. The summed E-state index contributed by atoms with van der Waals surface area (Å²) in [6.07, 6.45) is 4.24. The zero-order valence-electron chi connectivity index (χ0n) is 12.2. The van der Waals surface area contributed by atoms with Crippen molar-refractivity contribution in [2.75, 3.05) is 6.54 Å². The number of hydrogen-bond acceptors (Lipinski definition) is 2. The Morgan fingerprint density at radius 2 is 1.89 bits per heavy atom. The van der Waals surface area contributed by atoms with Crippen molar-refractivity contribution in [2.45, 2.75) is 59.8 Å². The Morgan fingerprint density at radius 1 is 1.39 bits per heavy atom. The highest BCUT2D eigenvalue weighted by atomic mass is 16.2. The molecule has 18 heavy (non-hydrogen) atoms. The Labute approximate surface area is 111 Å². The van der Waals surface area contributed by atoms with Crippen molar-refractivity contribution < 1.29 is 4.79 Å². The Hall–Kier alpha value is -1.04. The molecule has 1 atom stereocenters. The van der Waals surface area contributed by atoms with E-state index in [0.29, 0.717) is 24.2 Å². The first-order valence-electron chi connectivity index (χ1n) is 7.11. The van der Waals surface area contributed by atoms with E-state index in [0.717, 1.165) is 19.4 Å². The molecule has 1 fully saturated rings. The quantitative estimate of drug-likeness (QED) is 0.754. The summed E-state index contributed by atoms with van der Waals surface area (Å²) in [4.78, 5) is 12.3. The molecule has 1 aliphatic rings. The van der Waals surface area contributed by atoms with Gasteiger partial charge in [0, 0.05) is 6.54 Å². The number of nitriles is 1. The van der Waals surface area contributed by atoms with Gasteiger partial charge in [-0.05, 0) is 30.6 Å². The molecule has 1 N–H and O–H groups in total. The van der Waals surface area contributed by atoms with Crippen molar-refractivity contribution in [1.29, 1.82) is 5.26 Å². The third kappa shape index (κ3) is 3.25. The van der Waals surface area contributed by atoms with Gasteiger partial charge in [-0.3, -0.25) is 4.79 Å². The molecular formula is C15H26N2O. The lowest BCUT2D eigenvalue weighted by Crippen LogP contribution is -2.41. The summed E-state index contributed by atoms with van der Waals surface area (Å²) < 4.78 is 0. The second-order valence-electron chi connectivity index (χ2n) is 6.29. The van der Waals surface area contributed by atoms with Crippen LogP contribution in [0.5, 0.6) is 0 Å². The van der Waals surface area contributed by atoms with Crippen LogP contribution in [0.1, 0.15) is 59.8 Å². The van der Waals surface area contributed by atoms with Gasteiger partial charge in [-0.15, -0.1) is 0 Å². The molecule has 3 heteroatoms. The van der Waals surface area contributed by atoms with Crippen molar-refractivity contribution >= 4 is 5.91 Å². The van der Waals surface area contributed by atoms with Crippen LogP contribution in [-0.4, -0.2) is 12.5 Å². The zero-order valence-corrected chi connectivity index (χ0v) is 12.2. The van der Waals surface area contributed by atoms with E-state index in [2.05, 4.69) is 25.2 Å². The van der Waals surface area contributed by atoms with Gasteiger partial charge in [0.25, 0.3) is 0 Å². The van der Waals surface area contributed by atoms with Gasteiger partial charge < -0.3 is 5.32 Å². The van der Waals surface area contributed by atoms with Crippen LogP contribution >= 0.6 is 0 Å². The third-order valence-electron chi connectivity index (χ3n) is 4.23. The SMILES string of the molecule is CCCC(C#N)(CCC)C(=O)NCC1CC1(C)C. The Morgan fingerprint density at radius 3 is 2.22 bits per heavy atom. The van der Waals surface area contributed by atoms with Crippen LogP contribution in [0, 0.1) is 28.1 Å². The zero-order chi connectivity index (χ0) is 13.8. The highest BCUT2D eigenvalue weighted by Crippen LogP contribution is 2.51. The molecule has 102 valence electrons. The molecule has 0 aromatic heterocycles. The predicted octanol–water partition coefficient (Wildman–Crippen LogP) is 3.26. The molecule has 0 radical (unpaired) electrons. The lowest BCUT2D eigenvalue weighted by Gasteiger charge is -2.24. The predicted molar refractivity (Wildman–Crippen MR) is 72.8 cm³/mol. The molecule has 0 aromatic carbocycles. The largest absolute Gasteiger partial charge is 0.354 e. The van der Waals surface area contributed by atoms with Gasteiger partial charge in [0.05, 0.1) is 6.07 Å². The number of amides is 1. The first kappa shape index (κ1) is 15.0. The molecule has 1 rings (SSSR count). The standard InChI is InChI=1S/C15H26N2O/c1-5-7-15(11-16,8-6-2)13(18)17-10-12-9-14(12,3)4/h12H,5-10H2,1-4H3,(H,17,18). The third-order valence-corrected chi connectivity index (χ3v) is 4.23. The van der Waals surface area contributed by atoms with Crippen molar-refractivity contribution in [3.05, 3.63) is 0 Å². The minimum Gasteiger partial charge on any atom is -0.354 e. The molecule has 1 amide bonds. The smallest absolute Gasteiger partial charge is 0.240 e. The van der Waals surface area contributed by atoms with Gasteiger partial charge in [0.15, 0.2) is 0 Å². The summed E-state index contributed by atoms with van der Waals surface area (Å²) in [6.45, 7) is 9.22. The van der Waals surface area contributed by atoms with E-state index in [1.54, 1.807) is 0 Å². The second kappa shape index (κ2) is 5.73. The number of carbonyl (C=O) groups excluding carboxylic acids is 1. The summed E-state index contributed by atoms with van der Waals surface area (Å²) in [7, 11) is 0. The lowest BCUT2D eigenvalue weighted by atomic mass is 9.79. The second-order valence-corrected chi connectivity index (χ2v) is 6.29. The molecule has 1 unspecified atom stereocenters. The normalized spacial score (nSPS) is 21.2. The van der Waals surface area contributed by atoms with E-state index in [9.17, 15) is 10.1 Å². The summed E-state index contributed by atoms with van der Waals surface area (Å²) >= 11 is 0. The minimum absolute atomic E-state index is 0.0589. The van der Waals surface area contributed by atoms with Crippen molar-refractivity contribution in [1.82, 2.24) is 5.32 Å². The molecule has 3 nitrogen and oxygen atoms in total. The van der Waals surface area contributed by atoms with Gasteiger partial charge in [0.2, 0.25) is 5.91 Å². The van der Waals surface area contributed by atoms with Crippen LogP contribution in [0.15, 0.2) is 0 Å². The van der Waals surface area contributed by atoms with E-state index in [1.165, 1.54) is 6.42 Å². The first-order chi connectivity index (χ1) is 8.41. The molecular weight excluding hydrogens is 224 g/mol. The molecule has 0 aliphatic heterocycles. The monoisotopic (exact) mass is 250 g/mol. The average Bonchev–Trinajstić information content (AvgIpc) is 2.93. The summed E-state index contributed by atoms with van der Waals surface area (Å²) in [5.41, 5.74) is -0.430. The van der Waals surface area contributed by atoms with E-state index < -0.39 is 5.41 Å². The van der Waals surface area contributed by atoms with Crippen LogP contribution in [-0.2, 0) is 4.79 Å². The van der Waals surface area contributed by atoms with Crippen LogP contribution in [0.25, 0.3) is 0 Å². The van der Waals surface area contributed by atoms with E-state index in [4.69, 9.17) is 0 Å². The van der Waals surface area contributed by atoms with Gasteiger partial charge in [0.1, 0.15) is 5.41 Å². The van der Waals surface area contributed by atoms with E-state index in [1.807, 2.05) is 13.8 Å². The maximum absolute atomic E-state index is 12.3. The van der Waals surface area contributed by atoms with Crippen molar-refractivity contribution in [2.24, 2.45) is 16.7 Å². The van der Waals surface area contributed by atoms with E-state index >= 15 is 0 Å². The number of nitrogens with one attached hydrogen (secondary N) is 1. The molecule has 1 aliphatic carbocycles. The number of rotatable bonds is 7. The van der Waals surface area contributed by atoms with E-state index in [-0.39, 0.29) is 5.91 Å². The summed E-state index contributed by atoms with van der Waals surface area (Å²) in [6, 6.07) is 2.27. The Balaban J connectivity index is 2.57. The van der Waals surface area contributed by atoms with Gasteiger partial charge in [-0.25, -0.2) is 0 Å². The van der Waals surface area contributed by atoms with Gasteiger partial charge in [-0.1, -0.05) is 40.5 Å². The minimum atomic E-state index is -0.803. The van der Waals surface area contributed by atoms with Crippen LogP contribution in [0.3, 0.4) is 0 Å². The highest BCUT2D eigenvalue weighted by Gasteiger charge is 2.46. The number of nitrogens with zero attached hydrogens (tertiary/aromatic N) is 1. The molecule has 0 aromatic rings. The molecule has 0 heterocycles. The lowest BCUT2D eigenvalue weighted by molar-refractivity contribution is -0.129. The topological polar surface area (TPSA) is 52.9 Å². The Kier molecular flexibility index (Phi) is 4.78. The van der Waals surface area contributed by atoms with Crippen LogP contribution < -0.4 is 5.32 Å². The fourth-order valence-electron chi connectivity index (χ4n) is 2.68. The molecule has 0 bridgehead atoms. The number of carbonyl (C=O) groups is 1. The first-order valence-corrected chi connectivity index (χ1v) is 7.11. The molecule has 1 saturated carbocycles. The van der Waals surface area contributed by atoms with Gasteiger partial charge in [-0.2, -0.15) is 5.26 Å².